The summed E-state index contributed by atoms with van der Waals surface area (Å²) >= 11 is 11.9. The molecule has 5 fully saturated rings. The van der Waals surface area contributed by atoms with Gasteiger partial charge in [-0.2, -0.15) is 0 Å². The number of hydrogen-bond acceptors (Lipinski definition) is 3. The van der Waals surface area contributed by atoms with E-state index in [2.05, 4.69) is 5.32 Å². The molecule has 4 bridgehead atoms. The molecule has 1 atom stereocenters. The summed E-state index contributed by atoms with van der Waals surface area (Å²) in [4.78, 5) is 24.1. The third-order valence-corrected chi connectivity index (χ3v) is 7.97. The minimum atomic E-state index is -1.06. The Bertz CT molecular complexity index is 541. The topological polar surface area (TPSA) is 55.4 Å². The van der Waals surface area contributed by atoms with Crippen molar-refractivity contribution < 1.29 is 14.3 Å². The molecule has 0 aliphatic heterocycles. The molecular formula is C18H25Cl2NO3. The van der Waals surface area contributed by atoms with Crippen LogP contribution in [0.25, 0.3) is 0 Å². The predicted molar refractivity (Wildman–Crippen MR) is 91.7 cm³/mol. The third-order valence-electron chi connectivity index (χ3n) is 6.87. The van der Waals surface area contributed by atoms with E-state index in [4.69, 9.17) is 27.9 Å². The van der Waals surface area contributed by atoms with Gasteiger partial charge in [-0.05, 0) is 68.6 Å². The maximum Gasteiger partial charge on any atom is 0.315 e. The standard InChI is InChI=1S/C18H25Cl2NO3/c1-16(9-18(16,19)20)15(23)24-8-14(22)21-10-17-5-11-2-12(6-17)4-13(3-11)7-17/h11-13H,2-10H2,1H3,(H,21,22)/t11?,12?,13?,16-,17?/m1/s1. The molecule has 6 heteroatoms. The number of esters is 1. The van der Waals surface area contributed by atoms with E-state index in [0.29, 0.717) is 11.8 Å². The molecule has 0 saturated heterocycles. The lowest BCUT2D eigenvalue weighted by atomic mass is 9.49. The second kappa shape index (κ2) is 5.51. The van der Waals surface area contributed by atoms with Gasteiger partial charge in [0.1, 0.15) is 9.75 Å². The van der Waals surface area contributed by atoms with Crippen molar-refractivity contribution in [2.45, 2.75) is 56.2 Å². The molecule has 0 unspecified atom stereocenters. The summed E-state index contributed by atoms with van der Waals surface area (Å²) in [7, 11) is 0. The third kappa shape index (κ3) is 2.84. The van der Waals surface area contributed by atoms with Gasteiger partial charge in [0.05, 0.1) is 0 Å². The minimum absolute atomic E-state index is 0.224. The second-order valence-electron chi connectivity index (χ2n) is 8.98. The van der Waals surface area contributed by atoms with Crippen LogP contribution in [0.2, 0.25) is 0 Å². The van der Waals surface area contributed by atoms with Crippen LogP contribution in [0.5, 0.6) is 0 Å². The average molecular weight is 374 g/mol. The van der Waals surface area contributed by atoms with Crippen molar-refractivity contribution in [1.29, 1.82) is 0 Å². The molecule has 0 aromatic rings. The quantitative estimate of drug-likeness (QED) is 0.593. The molecule has 0 heterocycles. The zero-order valence-electron chi connectivity index (χ0n) is 14.1. The fourth-order valence-corrected chi connectivity index (χ4v) is 6.44. The van der Waals surface area contributed by atoms with E-state index in [1.807, 2.05) is 0 Å². The van der Waals surface area contributed by atoms with Crippen LogP contribution < -0.4 is 5.32 Å². The lowest BCUT2D eigenvalue weighted by molar-refractivity contribution is -0.153. The molecule has 5 rings (SSSR count). The minimum Gasteiger partial charge on any atom is -0.455 e. The Morgan fingerprint density at radius 1 is 1.08 bits per heavy atom. The van der Waals surface area contributed by atoms with Gasteiger partial charge in [-0.25, -0.2) is 0 Å². The summed E-state index contributed by atoms with van der Waals surface area (Å²) in [5, 5.41) is 3.01. The zero-order valence-corrected chi connectivity index (χ0v) is 15.6. The first-order valence-electron chi connectivity index (χ1n) is 9.03. The Hall–Kier alpha value is -0.480. The zero-order chi connectivity index (χ0) is 17.2. The first-order chi connectivity index (χ1) is 11.2. The molecule has 5 saturated carbocycles. The Labute approximate surface area is 153 Å². The Balaban J connectivity index is 1.25. The van der Waals surface area contributed by atoms with Gasteiger partial charge < -0.3 is 10.1 Å². The van der Waals surface area contributed by atoms with E-state index in [0.717, 1.165) is 24.3 Å². The van der Waals surface area contributed by atoms with E-state index in [9.17, 15) is 9.59 Å². The average Bonchev–Trinajstić information content (AvgIpc) is 3.01. The molecular weight excluding hydrogens is 349 g/mol. The summed E-state index contributed by atoms with van der Waals surface area (Å²) in [6.45, 7) is 2.15. The highest BCUT2D eigenvalue weighted by molar-refractivity contribution is 6.53. The number of rotatable bonds is 5. The van der Waals surface area contributed by atoms with E-state index >= 15 is 0 Å². The molecule has 24 heavy (non-hydrogen) atoms. The van der Waals surface area contributed by atoms with Gasteiger partial charge in [-0.15, -0.1) is 23.2 Å². The van der Waals surface area contributed by atoms with E-state index < -0.39 is 15.7 Å². The monoisotopic (exact) mass is 373 g/mol. The maximum absolute atomic E-state index is 12.1. The summed E-state index contributed by atoms with van der Waals surface area (Å²) in [5.74, 6) is 1.87. The predicted octanol–water partition coefficient (Wildman–Crippen LogP) is 3.45. The lowest BCUT2D eigenvalue weighted by Gasteiger charge is -2.56. The van der Waals surface area contributed by atoms with Crippen LogP contribution in [0.1, 0.15) is 51.9 Å². The number of ether oxygens (including phenoxy) is 1. The Morgan fingerprint density at radius 2 is 1.58 bits per heavy atom. The van der Waals surface area contributed by atoms with Gasteiger partial charge in [-0.3, -0.25) is 9.59 Å². The van der Waals surface area contributed by atoms with Gasteiger partial charge in [0.15, 0.2) is 6.61 Å². The summed E-state index contributed by atoms with van der Waals surface area (Å²) in [5.41, 5.74) is -0.589. The molecule has 5 aliphatic carbocycles. The van der Waals surface area contributed by atoms with Crippen molar-refractivity contribution in [2.75, 3.05) is 13.2 Å². The van der Waals surface area contributed by atoms with Crippen LogP contribution in [0, 0.1) is 28.6 Å². The van der Waals surface area contributed by atoms with Crippen molar-refractivity contribution in [2.24, 2.45) is 28.6 Å². The largest absolute Gasteiger partial charge is 0.455 e. The molecule has 134 valence electrons. The smallest absolute Gasteiger partial charge is 0.315 e. The number of alkyl halides is 2. The SMILES string of the molecule is C[C@]1(C(=O)OCC(=O)NCC23CC4CC(CC(C4)C2)C3)CC1(Cl)Cl. The van der Waals surface area contributed by atoms with Gasteiger partial charge in [-0.1, -0.05) is 0 Å². The second-order valence-corrected chi connectivity index (χ2v) is 10.5. The molecule has 5 aliphatic rings. The molecule has 0 aromatic carbocycles. The van der Waals surface area contributed by atoms with E-state index in [-0.39, 0.29) is 12.5 Å². The number of carbonyl (C=O) groups excluding carboxylic acids is 2. The van der Waals surface area contributed by atoms with Crippen molar-refractivity contribution >= 4 is 35.1 Å². The molecule has 1 N–H and O–H groups in total. The first kappa shape index (κ1) is 17.0. The van der Waals surface area contributed by atoms with Crippen LogP contribution in [0.4, 0.5) is 0 Å². The Morgan fingerprint density at radius 3 is 2.04 bits per heavy atom. The van der Waals surface area contributed by atoms with Gasteiger partial charge in [0.2, 0.25) is 0 Å². The molecule has 0 aromatic heterocycles. The number of carbonyl (C=O) groups is 2. The van der Waals surface area contributed by atoms with Crippen LogP contribution in [-0.2, 0) is 14.3 Å². The highest BCUT2D eigenvalue weighted by Crippen LogP contribution is 2.64. The molecule has 0 spiro atoms. The first-order valence-corrected chi connectivity index (χ1v) is 9.79. The number of hydrogen-bond donors (Lipinski definition) is 1. The van der Waals surface area contributed by atoms with Gasteiger partial charge in [0, 0.05) is 13.0 Å². The van der Waals surface area contributed by atoms with Crippen LogP contribution in [0.3, 0.4) is 0 Å². The van der Waals surface area contributed by atoms with Gasteiger partial charge in [0.25, 0.3) is 5.91 Å². The Kier molecular flexibility index (Phi) is 3.89. The fourth-order valence-electron chi connectivity index (χ4n) is 5.76. The number of nitrogens with one attached hydrogen (secondary N) is 1. The van der Waals surface area contributed by atoms with Crippen molar-refractivity contribution in [3.63, 3.8) is 0 Å². The summed E-state index contributed by atoms with van der Waals surface area (Å²) in [6, 6.07) is 0. The van der Waals surface area contributed by atoms with Crippen LogP contribution in [-0.4, -0.2) is 29.4 Å². The maximum atomic E-state index is 12.1. The normalized spacial score (nSPS) is 44.2. The highest BCUT2D eigenvalue weighted by Gasteiger charge is 2.69. The van der Waals surface area contributed by atoms with Crippen LogP contribution in [0.15, 0.2) is 0 Å². The molecule has 0 radical (unpaired) electrons. The van der Waals surface area contributed by atoms with Crippen molar-refractivity contribution in [1.82, 2.24) is 5.32 Å². The number of amides is 1. The van der Waals surface area contributed by atoms with E-state index in [1.54, 1.807) is 6.92 Å². The van der Waals surface area contributed by atoms with E-state index in [1.165, 1.54) is 38.5 Å². The summed E-state index contributed by atoms with van der Waals surface area (Å²) in [6.07, 6.45) is 8.29. The van der Waals surface area contributed by atoms with Gasteiger partial charge >= 0.3 is 5.97 Å². The molecule has 4 nitrogen and oxygen atoms in total. The molecule has 1 amide bonds. The van der Waals surface area contributed by atoms with Crippen LogP contribution >= 0.6 is 23.2 Å². The highest BCUT2D eigenvalue weighted by atomic mass is 35.5. The summed E-state index contributed by atoms with van der Waals surface area (Å²) < 4.78 is 4.06. The lowest BCUT2D eigenvalue weighted by Crippen LogP contribution is -2.51. The number of halogens is 2. The van der Waals surface area contributed by atoms with Crippen molar-refractivity contribution in [3.8, 4) is 0 Å². The fraction of sp³-hybridized carbons (Fsp3) is 0.889. The van der Waals surface area contributed by atoms with Crippen molar-refractivity contribution in [3.05, 3.63) is 0 Å².